The molecule has 102 valence electrons. The number of hydrogen-bond acceptors (Lipinski definition) is 4. The molecule has 0 aliphatic heterocycles. The van der Waals surface area contributed by atoms with E-state index in [4.69, 9.17) is 16.3 Å². The topological polar surface area (TPSA) is 38.2 Å². The number of nitrogens with zero attached hydrogens (tertiary/aromatic N) is 3. The summed E-state index contributed by atoms with van der Waals surface area (Å²) in [5, 5.41) is 0.464. The molecule has 1 heterocycles. The predicted molar refractivity (Wildman–Crippen MR) is 75.1 cm³/mol. The van der Waals surface area contributed by atoms with E-state index in [1.807, 2.05) is 14.0 Å². The number of hydrogen-bond donors (Lipinski definition) is 0. The SMILES string of the molecule is CCOCc1nc(Cl)cc(N(C)CCC(C)C)n1. The van der Waals surface area contributed by atoms with Crippen molar-refractivity contribution < 1.29 is 4.74 Å². The van der Waals surface area contributed by atoms with E-state index in [0.29, 0.717) is 30.1 Å². The molecule has 0 fully saturated rings. The Morgan fingerprint density at radius 3 is 2.72 bits per heavy atom. The maximum atomic E-state index is 6.00. The summed E-state index contributed by atoms with van der Waals surface area (Å²) < 4.78 is 5.31. The van der Waals surface area contributed by atoms with Crippen LogP contribution in [0, 0.1) is 5.92 Å². The van der Waals surface area contributed by atoms with Gasteiger partial charge in [0.2, 0.25) is 0 Å². The van der Waals surface area contributed by atoms with Crippen LogP contribution in [0.3, 0.4) is 0 Å². The lowest BCUT2D eigenvalue weighted by Crippen LogP contribution is -2.21. The molecule has 1 aromatic heterocycles. The van der Waals surface area contributed by atoms with E-state index in [1.165, 1.54) is 0 Å². The molecule has 4 nitrogen and oxygen atoms in total. The highest BCUT2D eigenvalue weighted by molar-refractivity contribution is 6.29. The smallest absolute Gasteiger partial charge is 0.158 e. The second kappa shape index (κ2) is 7.54. The minimum absolute atomic E-state index is 0.405. The van der Waals surface area contributed by atoms with E-state index in [2.05, 4.69) is 28.7 Å². The van der Waals surface area contributed by atoms with Crippen LogP contribution in [0.2, 0.25) is 5.15 Å². The maximum absolute atomic E-state index is 6.00. The van der Waals surface area contributed by atoms with E-state index in [-0.39, 0.29) is 0 Å². The molecule has 0 aliphatic rings. The first-order chi connectivity index (χ1) is 8.52. The third-order valence-electron chi connectivity index (χ3n) is 2.60. The molecular weight excluding hydrogens is 250 g/mol. The van der Waals surface area contributed by atoms with Gasteiger partial charge in [0.25, 0.3) is 0 Å². The number of halogens is 1. The summed E-state index contributed by atoms with van der Waals surface area (Å²) in [6, 6.07) is 1.79. The minimum Gasteiger partial charge on any atom is -0.374 e. The van der Waals surface area contributed by atoms with Crippen molar-refractivity contribution >= 4 is 17.4 Å². The molecule has 0 spiro atoms. The van der Waals surface area contributed by atoms with Gasteiger partial charge in [0.1, 0.15) is 17.6 Å². The lowest BCUT2D eigenvalue weighted by atomic mass is 10.1. The van der Waals surface area contributed by atoms with Gasteiger partial charge < -0.3 is 9.64 Å². The molecule has 0 unspecified atom stereocenters. The first kappa shape index (κ1) is 15.2. The maximum Gasteiger partial charge on any atom is 0.158 e. The molecule has 0 N–H and O–H groups in total. The molecule has 0 atom stereocenters. The number of anilines is 1. The third kappa shape index (κ3) is 5.19. The molecule has 0 saturated carbocycles. The van der Waals surface area contributed by atoms with E-state index in [1.54, 1.807) is 6.07 Å². The second-order valence-corrected chi connectivity index (χ2v) is 5.09. The molecule has 0 aliphatic carbocycles. The zero-order valence-electron chi connectivity index (χ0n) is 11.6. The highest BCUT2D eigenvalue weighted by Crippen LogP contribution is 2.16. The van der Waals surface area contributed by atoms with E-state index >= 15 is 0 Å². The van der Waals surface area contributed by atoms with Gasteiger partial charge in [-0.3, -0.25) is 0 Å². The van der Waals surface area contributed by atoms with Gasteiger partial charge in [-0.25, -0.2) is 9.97 Å². The quantitative estimate of drug-likeness (QED) is 0.714. The zero-order valence-corrected chi connectivity index (χ0v) is 12.4. The van der Waals surface area contributed by atoms with Crippen molar-refractivity contribution in [1.82, 2.24) is 9.97 Å². The average Bonchev–Trinajstić information content (AvgIpc) is 2.32. The summed E-state index contributed by atoms with van der Waals surface area (Å²) >= 11 is 6.00. The number of ether oxygens (including phenoxy) is 1. The number of aromatic nitrogens is 2. The van der Waals surface area contributed by atoms with Gasteiger partial charge in [-0.1, -0.05) is 25.4 Å². The lowest BCUT2D eigenvalue weighted by Gasteiger charge is -2.19. The Bertz CT molecular complexity index is 371. The van der Waals surface area contributed by atoms with Crippen molar-refractivity contribution in [3.8, 4) is 0 Å². The average molecular weight is 272 g/mol. The minimum atomic E-state index is 0.405. The van der Waals surface area contributed by atoms with Crippen LogP contribution in [-0.4, -0.2) is 30.2 Å². The van der Waals surface area contributed by atoms with Crippen LogP contribution in [0.25, 0.3) is 0 Å². The Morgan fingerprint density at radius 1 is 1.39 bits per heavy atom. The third-order valence-corrected chi connectivity index (χ3v) is 2.79. The Morgan fingerprint density at radius 2 is 2.11 bits per heavy atom. The fourth-order valence-corrected chi connectivity index (χ4v) is 1.67. The van der Waals surface area contributed by atoms with Gasteiger partial charge in [-0.2, -0.15) is 0 Å². The Hall–Kier alpha value is -0.870. The van der Waals surface area contributed by atoms with Crippen LogP contribution in [0.4, 0.5) is 5.82 Å². The highest BCUT2D eigenvalue weighted by atomic mass is 35.5. The predicted octanol–water partition coefficient (Wildman–Crippen LogP) is 3.15. The second-order valence-electron chi connectivity index (χ2n) is 4.71. The van der Waals surface area contributed by atoms with Gasteiger partial charge in [-0.15, -0.1) is 0 Å². The molecule has 18 heavy (non-hydrogen) atoms. The summed E-state index contributed by atoms with van der Waals surface area (Å²) in [5.41, 5.74) is 0. The summed E-state index contributed by atoms with van der Waals surface area (Å²) in [7, 11) is 2.02. The molecule has 5 heteroatoms. The fourth-order valence-electron chi connectivity index (χ4n) is 1.47. The zero-order chi connectivity index (χ0) is 13.5. The van der Waals surface area contributed by atoms with Crippen LogP contribution in [0.15, 0.2) is 6.07 Å². The Labute approximate surface area is 114 Å². The van der Waals surface area contributed by atoms with Crippen molar-refractivity contribution in [2.45, 2.75) is 33.8 Å². The first-order valence-corrected chi connectivity index (χ1v) is 6.73. The van der Waals surface area contributed by atoms with Crippen LogP contribution in [0.5, 0.6) is 0 Å². The normalized spacial score (nSPS) is 11.0. The van der Waals surface area contributed by atoms with Gasteiger partial charge in [0, 0.05) is 26.3 Å². The molecule has 0 saturated heterocycles. The molecule has 1 rings (SSSR count). The molecule has 0 radical (unpaired) electrons. The first-order valence-electron chi connectivity index (χ1n) is 6.35. The van der Waals surface area contributed by atoms with Crippen molar-refractivity contribution in [3.63, 3.8) is 0 Å². The molecule has 0 bridgehead atoms. The standard InChI is InChI=1S/C13H22ClN3O/c1-5-18-9-12-15-11(14)8-13(16-12)17(4)7-6-10(2)3/h8,10H,5-7,9H2,1-4H3. The Balaban J connectivity index is 2.71. The fraction of sp³-hybridized carbons (Fsp3) is 0.692. The van der Waals surface area contributed by atoms with E-state index in [9.17, 15) is 0 Å². The largest absolute Gasteiger partial charge is 0.374 e. The molecule has 0 amide bonds. The van der Waals surface area contributed by atoms with Crippen LogP contribution in [-0.2, 0) is 11.3 Å². The van der Waals surface area contributed by atoms with Crippen LogP contribution < -0.4 is 4.90 Å². The summed E-state index contributed by atoms with van der Waals surface area (Å²) in [4.78, 5) is 10.7. The highest BCUT2D eigenvalue weighted by Gasteiger charge is 2.08. The molecule has 0 aromatic carbocycles. The number of rotatable bonds is 7. The van der Waals surface area contributed by atoms with Crippen molar-refractivity contribution in [2.24, 2.45) is 5.92 Å². The van der Waals surface area contributed by atoms with Gasteiger partial charge >= 0.3 is 0 Å². The van der Waals surface area contributed by atoms with E-state index < -0.39 is 0 Å². The lowest BCUT2D eigenvalue weighted by molar-refractivity contribution is 0.128. The van der Waals surface area contributed by atoms with Crippen LogP contribution in [0.1, 0.15) is 33.0 Å². The Kier molecular flexibility index (Phi) is 6.36. The summed E-state index contributed by atoms with van der Waals surface area (Å²) in [6.07, 6.45) is 1.12. The molecule has 1 aromatic rings. The summed E-state index contributed by atoms with van der Waals surface area (Å²) in [6.45, 7) is 8.37. The van der Waals surface area contributed by atoms with Crippen LogP contribution >= 0.6 is 11.6 Å². The van der Waals surface area contributed by atoms with Gasteiger partial charge in [-0.05, 0) is 19.3 Å². The van der Waals surface area contributed by atoms with Crippen molar-refractivity contribution in [1.29, 1.82) is 0 Å². The molecular formula is C13H22ClN3O. The van der Waals surface area contributed by atoms with Crippen molar-refractivity contribution in [2.75, 3.05) is 25.1 Å². The van der Waals surface area contributed by atoms with E-state index in [0.717, 1.165) is 18.8 Å². The van der Waals surface area contributed by atoms with Gasteiger partial charge in [0.15, 0.2) is 5.82 Å². The van der Waals surface area contributed by atoms with Crippen molar-refractivity contribution in [3.05, 3.63) is 17.0 Å². The summed E-state index contributed by atoms with van der Waals surface area (Å²) in [5.74, 6) is 2.16. The van der Waals surface area contributed by atoms with Gasteiger partial charge in [0.05, 0.1) is 0 Å². The monoisotopic (exact) mass is 271 g/mol.